The Morgan fingerprint density at radius 1 is 0.333 bits per heavy atom. The highest BCUT2D eigenvalue weighted by Crippen LogP contribution is 2.34. The van der Waals surface area contributed by atoms with E-state index in [1.807, 2.05) is 6.07 Å². The molecule has 0 bridgehead atoms. The van der Waals surface area contributed by atoms with Crippen molar-refractivity contribution in [1.29, 1.82) is 0 Å². The van der Waals surface area contributed by atoms with Crippen LogP contribution < -0.4 is 0 Å². The van der Waals surface area contributed by atoms with Gasteiger partial charge in [0.15, 0.2) is 0 Å². The molecule has 0 aliphatic carbocycles. The lowest BCUT2D eigenvalue weighted by Crippen LogP contribution is -1.85. The summed E-state index contributed by atoms with van der Waals surface area (Å²) >= 11 is 1.74. The Morgan fingerprint density at radius 3 is 1.23 bits per heavy atom. The van der Waals surface area contributed by atoms with Crippen LogP contribution in [-0.2, 0) is 0 Å². The van der Waals surface area contributed by atoms with E-state index in [0.29, 0.717) is 0 Å². The van der Waals surface area contributed by atoms with Crippen LogP contribution in [0.5, 0.6) is 0 Å². The van der Waals surface area contributed by atoms with Gasteiger partial charge in [-0.2, -0.15) is 0 Å². The minimum absolute atomic E-state index is 1.05. The van der Waals surface area contributed by atoms with Gasteiger partial charge in [-0.1, -0.05) is 115 Å². The van der Waals surface area contributed by atoms with E-state index in [9.17, 15) is 0 Å². The van der Waals surface area contributed by atoms with Crippen molar-refractivity contribution in [2.24, 2.45) is 0 Å². The standard InChI is InChI=1S/C37H25NS/c1-2-10-26(11-3-1)27-12-6-13-28(22-27)29-14-7-15-30(23-29)31-16-8-17-32(24-31)33-18-9-19-34(25-33)37-38-35-20-4-5-21-36(35)39-37/h1-25H. The van der Waals surface area contributed by atoms with Gasteiger partial charge in [-0.25, -0.2) is 4.98 Å². The van der Waals surface area contributed by atoms with Gasteiger partial charge in [-0.05, 0) is 80.9 Å². The first-order valence-electron chi connectivity index (χ1n) is 13.1. The van der Waals surface area contributed by atoms with Crippen molar-refractivity contribution >= 4 is 21.6 Å². The van der Waals surface area contributed by atoms with Crippen molar-refractivity contribution in [3.05, 3.63) is 152 Å². The topological polar surface area (TPSA) is 12.9 Å². The molecule has 1 aromatic heterocycles. The van der Waals surface area contributed by atoms with E-state index >= 15 is 0 Å². The number of para-hydroxylation sites is 1. The zero-order chi connectivity index (χ0) is 26.0. The van der Waals surface area contributed by atoms with E-state index in [-0.39, 0.29) is 0 Å². The molecule has 0 saturated carbocycles. The summed E-state index contributed by atoms with van der Waals surface area (Å²) in [6.45, 7) is 0. The van der Waals surface area contributed by atoms with Crippen LogP contribution in [0, 0.1) is 0 Å². The fourth-order valence-corrected chi connectivity index (χ4v) is 6.06. The summed E-state index contributed by atoms with van der Waals surface area (Å²) < 4.78 is 1.22. The van der Waals surface area contributed by atoms with Gasteiger partial charge in [0.1, 0.15) is 5.01 Å². The lowest BCUT2D eigenvalue weighted by atomic mass is 9.94. The summed E-state index contributed by atoms with van der Waals surface area (Å²) in [5.41, 5.74) is 11.9. The van der Waals surface area contributed by atoms with E-state index in [1.54, 1.807) is 11.3 Å². The maximum absolute atomic E-state index is 4.87. The summed E-state index contributed by atoms with van der Waals surface area (Å²) in [5.74, 6) is 0. The highest BCUT2D eigenvalue weighted by molar-refractivity contribution is 7.21. The zero-order valence-electron chi connectivity index (χ0n) is 21.3. The highest BCUT2D eigenvalue weighted by atomic mass is 32.1. The Bertz CT molecular complexity index is 1880. The molecule has 7 rings (SSSR count). The monoisotopic (exact) mass is 515 g/mol. The minimum atomic E-state index is 1.05. The second kappa shape index (κ2) is 10.2. The average Bonchev–Trinajstić information content (AvgIpc) is 3.47. The first kappa shape index (κ1) is 23.3. The molecule has 0 amide bonds. The van der Waals surface area contributed by atoms with Crippen LogP contribution in [0.1, 0.15) is 0 Å². The minimum Gasteiger partial charge on any atom is -0.236 e. The zero-order valence-corrected chi connectivity index (χ0v) is 22.1. The summed E-state index contributed by atoms with van der Waals surface area (Å²) in [6, 6.07) is 54.0. The Kier molecular flexibility index (Phi) is 6.08. The molecule has 0 fully saturated rings. The fraction of sp³-hybridized carbons (Fsp3) is 0. The molecule has 0 aliphatic heterocycles. The van der Waals surface area contributed by atoms with Crippen LogP contribution in [0.2, 0.25) is 0 Å². The van der Waals surface area contributed by atoms with E-state index in [4.69, 9.17) is 4.98 Å². The third-order valence-electron chi connectivity index (χ3n) is 7.10. The SMILES string of the molecule is c1ccc(-c2cccc(-c3cccc(-c4cccc(-c5cccc(-c6nc7ccccc7s6)c5)c4)c3)c2)cc1. The van der Waals surface area contributed by atoms with Crippen LogP contribution in [-0.4, -0.2) is 4.98 Å². The first-order chi connectivity index (χ1) is 19.3. The predicted octanol–water partition coefficient (Wildman–Crippen LogP) is 10.6. The number of nitrogens with zero attached hydrogens (tertiary/aromatic N) is 1. The lowest BCUT2D eigenvalue weighted by Gasteiger charge is -2.10. The average molecular weight is 516 g/mol. The Hall–Kier alpha value is -4.79. The van der Waals surface area contributed by atoms with Crippen molar-refractivity contribution in [2.45, 2.75) is 0 Å². The second-order valence-electron chi connectivity index (χ2n) is 9.68. The predicted molar refractivity (Wildman–Crippen MR) is 167 cm³/mol. The molecule has 1 nitrogen and oxygen atoms in total. The number of rotatable bonds is 5. The third kappa shape index (κ3) is 4.79. The van der Waals surface area contributed by atoms with Gasteiger partial charge in [-0.15, -0.1) is 11.3 Å². The quantitative estimate of drug-likeness (QED) is 0.222. The molecule has 6 aromatic carbocycles. The summed E-state index contributed by atoms with van der Waals surface area (Å²) in [5, 5.41) is 1.06. The van der Waals surface area contributed by atoms with Gasteiger partial charge in [-0.3, -0.25) is 0 Å². The van der Waals surface area contributed by atoms with Gasteiger partial charge in [0.05, 0.1) is 10.2 Å². The molecule has 0 atom stereocenters. The van der Waals surface area contributed by atoms with Crippen LogP contribution >= 0.6 is 11.3 Å². The van der Waals surface area contributed by atoms with E-state index in [2.05, 4.69) is 146 Å². The summed E-state index contributed by atoms with van der Waals surface area (Å²) in [7, 11) is 0. The largest absolute Gasteiger partial charge is 0.236 e. The molecule has 7 aromatic rings. The summed E-state index contributed by atoms with van der Waals surface area (Å²) in [4.78, 5) is 4.87. The number of benzene rings is 6. The molecule has 0 spiro atoms. The molecule has 0 aliphatic rings. The number of aromatic nitrogens is 1. The highest BCUT2D eigenvalue weighted by Gasteiger charge is 2.09. The van der Waals surface area contributed by atoms with Crippen LogP contribution in [0.15, 0.2) is 152 Å². The molecular weight excluding hydrogens is 490 g/mol. The second-order valence-corrected chi connectivity index (χ2v) is 10.7. The Balaban J connectivity index is 1.22. The molecule has 1 heterocycles. The molecule has 39 heavy (non-hydrogen) atoms. The molecule has 2 heteroatoms. The van der Waals surface area contributed by atoms with E-state index < -0.39 is 0 Å². The fourth-order valence-electron chi connectivity index (χ4n) is 5.09. The third-order valence-corrected chi connectivity index (χ3v) is 8.18. The van der Waals surface area contributed by atoms with Crippen LogP contribution in [0.4, 0.5) is 0 Å². The number of hydrogen-bond acceptors (Lipinski definition) is 2. The molecular formula is C37H25NS. The normalized spacial score (nSPS) is 11.1. The van der Waals surface area contributed by atoms with Gasteiger partial charge in [0, 0.05) is 5.56 Å². The molecule has 0 N–H and O–H groups in total. The van der Waals surface area contributed by atoms with Crippen molar-refractivity contribution < 1.29 is 0 Å². The maximum Gasteiger partial charge on any atom is 0.124 e. The van der Waals surface area contributed by atoms with E-state index in [0.717, 1.165) is 16.1 Å². The van der Waals surface area contributed by atoms with Crippen molar-refractivity contribution in [1.82, 2.24) is 4.98 Å². The van der Waals surface area contributed by atoms with Crippen molar-refractivity contribution in [2.75, 3.05) is 0 Å². The maximum atomic E-state index is 4.87. The molecule has 184 valence electrons. The Labute approximate surface area is 232 Å². The molecule has 0 radical (unpaired) electrons. The van der Waals surface area contributed by atoms with Gasteiger partial charge in [0.25, 0.3) is 0 Å². The molecule has 0 saturated heterocycles. The first-order valence-corrected chi connectivity index (χ1v) is 13.9. The summed E-state index contributed by atoms with van der Waals surface area (Å²) in [6.07, 6.45) is 0. The number of hydrogen-bond donors (Lipinski definition) is 0. The van der Waals surface area contributed by atoms with Crippen molar-refractivity contribution in [3.63, 3.8) is 0 Å². The van der Waals surface area contributed by atoms with E-state index in [1.165, 1.54) is 49.2 Å². The van der Waals surface area contributed by atoms with Crippen LogP contribution in [0.25, 0.3) is 65.3 Å². The number of thiazole rings is 1. The smallest absolute Gasteiger partial charge is 0.124 e. The van der Waals surface area contributed by atoms with Gasteiger partial charge >= 0.3 is 0 Å². The lowest BCUT2D eigenvalue weighted by molar-refractivity contribution is 1.47. The Morgan fingerprint density at radius 2 is 0.718 bits per heavy atom. The van der Waals surface area contributed by atoms with Crippen molar-refractivity contribution in [3.8, 4) is 55.1 Å². The van der Waals surface area contributed by atoms with Gasteiger partial charge < -0.3 is 0 Å². The molecule has 0 unspecified atom stereocenters. The van der Waals surface area contributed by atoms with Gasteiger partial charge in [0.2, 0.25) is 0 Å². The number of fused-ring (bicyclic) bond motifs is 1. The van der Waals surface area contributed by atoms with Crippen LogP contribution in [0.3, 0.4) is 0 Å².